The summed E-state index contributed by atoms with van der Waals surface area (Å²) in [5.41, 5.74) is 2.84. The molecule has 6 heteroatoms. The summed E-state index contributed by atoms with van der Waals surface area (Å²) in [6, 6.07) is 12.2. The molecule has 0 bridgehead atoms. The van der Waals surface area contributed by atoms with E-state index in [4.69, 9.17) is 11.6 Å². The third-order valence-electron chi connectivity index (χ3n) is 4.38. The number of hydrogen-bond donors (Lipinski definition) is 1. The summed E-state index contributed by atoms with van der Waals surface area (Å²) >= 11 is 6.18. The van der Waals surface area contributed by atoms with Crippen LogP contribution in [-0.4, -0.2) is 43.5 Å². The molecule has 4 nitrogen and oxygen atoms in total. The predicted molar refractivity (Wildman–Crippen MR) is 99.9 cm³/mol. The minimum atomic E-state index is -0.238. The van der Waals surface area contributed by atoms with E-state index in [1.807, 2.05) is 30.0 Å². The van der Waals surface area contributed by atoms with Crippen LogP contribution < -0.4 is 10.2 Å². The molecular weight excluding hydrogens is 341 g/mol. The first-order chi connectivity index (χ1) is 12.0. The van der Waals surface area contributed by atoms with Gasteiger partial charge in [-0.25, -0.2) is 4.39 Å². The second-order valence-corrected chi connectivity index (χ2v) is 6.59. The molecular formula is C19H21ClFN3O. The van der Waals surface area contributed by atoms with E-state index in [0.29, 0.717) is 18.1 Å². The van der Waals surface area contributed by atoms with Gasteiger partial charge in [0.05, 0.1) is 17.3 Å². The monoisotopic (exact) mass is 361 g/mol. The maximum Gasteiger partial charge on any atom is 0.241 e. The third-order valence-corrected chi connectivity index (χ3v) is 4.69. The van der Waals surface area contributed by atoms with Crippen molar-refractivity contribution in [2.45, 2.75) is 6.92 Å². The first-order valence-electron chi connectivity index (χ1n) is 8.31. The molecule has 1 saturated heterocycles. The van der Waals surface area contributed by atoms with Crippen molar-refractivity contribution >= 4 is 28.9 Å². The van der Waals surface area contributed by atoms with Crippen LogP contribution in [-0.2, 0) is 4.79 Å². The van der Waals surface area contributed by atoms with Crippen LogP contribution in [0.3, 0.4) is 0 Å². The van der Waals surface area contributed by atoms with Crippen molar-refractivity contribution in [2.24, 2.45) is 0 Å². The van der Waals surface area contributed by atoms with Gasteiger partial charge in [-0.05, 0) is 48.9 Å². The Hall–Kier alpha value is -2.27. The predicted octanol–water partition coefficient (Wildman–Crippen LogP) is 3.55. The zero-order chi connectivity index (χ0) is 17.8. The number of rotatable bonds is 4. The van der Waals surface area contributed by atoms with Crippen LogP contribution in [0.25, 0.3) is 0 Å². The van der Waals surface area contributed by atoms with Crippen LogP contribution in [0, 0.1) is 12.7 Å². The van der Waals surface area contributed by atoms with Gasteiger partial charge in [-0.2, -0.15) is 0 Å². The summed E-state index contributed by atoms with van der Waals surface area (Å²) in [5, 5.41) is 3.73. The van der Waals surface area contributed by atoms with Crippen molar-refractivity contribution in [1.82, 2.24) is 4.90 Å². The fraction of sp³-hybridized carbons (Fsp3) is 0.316. The van der Waals surface area contributed by atoms with E-state index >= 15 is 0 Å². The number of benzene rings is 2. The summed E-state index contributed by atoms with van der Waals surface area (Å²) in [5.74, 6) is -0.186. The van der Waals surface area contributed by atoms with Gasteiger partial charge >= 0.3 is 0 Å². The average molecular weight is 362 g/mol. The number of piperazine rings is 1. The van der Waals surface area contributed by atoms with Crippen molar-refractivity contribution in [2.75, 3.05) is 42.9 Å². The largest absolute Gasteiger partial charge is 0.375 e. The Labute approximate surface area is 152 Å². The van der Waals surface area contributed by atoms with Gasteiger partial charge in [-0.1, -0.05) is 17.7 Å². The smallest absolute Gasteiger partial charge is 0.241 e. The van der Waals surface area contributed by atoms with E-state index < -0.39 is 0 Å². The van der Waals surface area contributed by atoms with Crippen LogP contribution in [0.5, 0.6) is 0 Å². The lowest BCUT2D eigenvalue weighted by Gasteiger charge is -2.36. The maximum absolute atomic E-state index is 13.0. The van der Waals surface area contributed by atoms with Crippen LogP contribution >= 0.6 is 11.6 Å². The Bertz CT molecular complexity index is 743. The van der Waals surface area contributed by atoms with Crippen LogP contribution in [0.1, 0.15) is 5.56 Å². The van der Waals surface area contributed by atoms with E-state index in [9.17, 15) is 9.18 Å². The lowest BCUT2D eigenvalue weighted by molar-refractivity contribution is -0.129. The zero-order valence-corrected chi connectivity index (χ0v) is 14.9. The molecule has 2 aromatic carbocycles. The van der Waals surface area contributed by atoms with E-state index in [-0.39, 0.29) is 18.3 Å². The summed E-state index contributed by atoms with van der Waals surface area (Å²) in [4.78, 5) is 16.4. The highest BCUT2D eigenvalue weighted by Gasteiger charge is 2.21. The fourth-order valence-corrected chi connectivity index (χ4v) is 3.21. The SMILES string of the molecule is Cc1ccc(NCC(=O)N2CCN(c3ccc(F)cc3)CC2)c(Cl)c1. The van der Waals surface area contributed by atoms with Crippen molar-refractivity contribution in [3.8, 4) is 0 Å². The number of nitrogens with one attached hydrogen (secondary N) is 1. The molecule has 0 atom stereocenters. The molecule has 0 saturated carbocycles. The van der Waals surface area contributed by atoms with E-state index in [0.717, 1.165) is 30.0 Å². The number of carbonyl (C=O) groups is 1. The normalized spacial score (nSPS) is 14.5. The molecule has 1 amide bonds. The summed E-state index contributed by atoms with van der Waals surface area (Å²) in [6.45, 7) is 4.98. The van der Waals surface area contributed by atoms with Crippen LogP contribution in [0.15, 0.2) is 42.5 Å². The maximum atomic E-state index is 13.0. The number of amides is 1. The van der Waals surface area contributed by atoms with Crippen molar-refractivity contribution in [3.63, 3.8) is 0 Å². The van der Waals surface area contributed by atoms with Crippen LogP contribution in [0.2, 0.25) is 5.02 Å². The number of hydrogen-bond acceptors (Lipinski definition) is 3. The number of halogens is 2. The first kappa shape index (κ1) is 17.5. The Kier molecular flexibility index (Phi) is 5.43. The van der Waals surface area contributed by atoms with E-state index in [1.54, 1.807) is 12.1 Å². The molecule has 1 fully saturated rings. The molecule has 1 N–H and O–H groups in total. The highest BCUT2D eigenvalue weighted by molar-refractivity contribution is 6.33. The van der Waals surface area contributed by atoms with Gasteiger partial charge < -0.3 is 15.1 Å². The van der Waals surface area contributed by atoms with Crippen molar-refractivity contribution < 1.29 is 9.18 Å². The second kappa shape index (κ2) is 7.74. The molecule has 132 valence electrons. The lowest BCUT2D eigenvalue weighted by Crippen LogP contribution is -2.50. The van der Waals surface area contributed by atoms with Gasteiger partial charge in [-0.3, -0.25) is 4.79 Å². The van der Waals surface area contributed by atoms with Gasteiger partial charge in [0.15, 0.2) is 0 Å². The molecule has 3 rings (SSSR count). The molecule has 0 unspecified atom stereocenters. The lowest BCUT2D eigenvalue weighted by atomic mass is 10.2. The number of carbonyl (C=O) groups excluding carboxylic acids is 1. The van der Waals surface area contributed by atoms with Crippen LogP contribution in [0.4, 0.5) is 15.8 Å². The van der Waals surface area contributed by atoms with Crippen molar-refractivity contribution in [1.29, 1.82) is 0 Å². The summed E-state index contributed by atoms with van der Waals surface area (Å²) < 4.78 is 13.0. The van der Waals surface area contributed by atoms with Gasteiger partial charge in [-0.15, -0.1) is 0 Å². The highest BCUT2D eigenvalue weighted by atomic mass is 35.5. The quantitative estimate of drug-likeness (QED) is 0.904. The highest BCUT2D eigenvalue weighted by Crippen LogP contribution is 2.22. The Morgan fingerprint density at radius 2 is 1.80 bits per heavy atom. The molecule has 1 aliphatic rings. The topological polar surface area (TPSA) is 35.6 Å². The number of anilines is 2. The second-order valence-electron chi connectivity index (χ2n) is 6.18. The molecule has 1 aliphatic heterocycles. The molecule has 1 heterocycles. The Balaban J connectivity index is 1.50. The zero-order valence-electron chi connectivity index (χ0n) is 14.1. The summed E-state index contributed by atoms with van der Waals surface area (Å²) in [6.07, 6.45) is 0. The Morgan fingerprint density at radius 3 is 2.44 bits per heavy atom. The molecule has 0 spiro atoms. The van der Waals surface area contributed by atoms with Gasteiger partial charge in [0, 0.05) is 31.9 Å². The van der Waals surface area contributed by atoms with E-state index in [1.165, 1.54) is 12.1 Å². The van der Waals surface area contributed by atoms with Gasteiger partial charge in [0.2, 0.25) is 5.91 Å². The minimum Gasteiger partial charge on any atom is -0.375 e. The Morgan fingerprint density at radius 1 is 1.12 bits per heavy atom. The average Bonchev–Trinajstić information content (AvgIpc) is 2.61. The summed E-state index contributed by atoms with van der Waals surface area (Å²) in [7, 11) is 0. The van der Waals surface area contributed by atoms with Crippen molar-refractivity contribution in [3.05, 3.63) is 58.9 Å². The minimum absolute atomic E-state index is 0.0513. The molecule has 0 aromatic heterocycles. The molecule has 0 radical (unpaired) electrons. The molecule has 0 aliphatic carbocycles. The number of aryl methyl sites for hydroxylation is 1. The molecule has 2 aromatic rings. The third kappa shape index (κ3) is 4.42. The number of nitrogens with zero attached hydrogens (tertiary/aromatic N) is 2. The standard InChI is InChI=1S/C19H21ClFN3O/c1-14-2-7-18(17(20)12-14)22-13-19(25)24-10-8-23(9-11-24)16-5-3-15(21)4-6-16/h2-7,12,22H,8-11,13H2,1H3. The fourth-order valence-electron chi connectivity index (χ4n) is 2.91. The van der Waals surface area contributed by atoms with Gasteiger partial charge in [0.1, 0.15) is 5.82 Å². The van der Waals surface area contributed by atoms with E-state index in [2.05, 4.69) is 10.2 Å². The van der Waals surface area contributed by atoms with Gasteiger partial charge in [0.25, 0.3) is 0 Å². The molecule has 25 heavy (non-hydrogen) atoms. The first-order valence-corrected chi connectivity index (χ1v) is 8.69.